The van der Waals surface area contributed by atoms with Crippen LogP contribution in [0.15, 0.2) is 47.4 Å². The zero-order valence-electron chi connectivity index (χ0n) is 12.9. The monoisotopic (exact) mass is 317 g/mol. The van der Waals surface area contributed by atoms with E-state index in [0.717, 1.165) is 10.6 Å². The summed E-state index contributed by atoms with van der Waals surface area (Å²) in [7, 11) is 1.57. The Labute approximate surface area is 134 Å². The Morgan fingerprint density at radius 1 is 1.18 bits per heavy atom. The minimum atomic E-state index is -0.179. The van der Waals surface area contributed by atoms with Gasteiger partial charge in [-0.05, 0) is 49.6 Å². The van der Waals surface area contributed by atoms with E-state index < -0.39 is 0 Å². The Morgan fingerprint density at radius 3 is 2.68 bits per heavy atom. The maximum atomic E-state index is 12.4. The molecule has 0 radical (unpaired) electrons. The number of rotatable bonds is 6. The number of carbonyl (C=O) groups is 1. The lowest BCUT2D eigenvalue weighted by Crippen LogP contribution is -2.12. The molecule has 2 aromatic rings. The first-order valence-electron chi connectivity index (χ1n) is 6.94. The van der Waals surface area contributed by atoms with Gasteiger partial charge >= 0.3 is 0 Å². The lowest BCUT2D eigenvalue weighted by Gasteiger charge is -2.11. The molecule has 0 fully saturated rings. The van der Waals surface area contributed by atoms with Crippen molar-refractivity contribution in [1.29, 1.82) is 0 Å². The summed E-state index contributed by atoms with van der Waals surface area (Å²) in [5.74, 6) is 1.00. The number of benzene rings is 2. The van der Waals surface area contributed by atoms with Crippen molar-refractivity contribution < 1.29 is 14.3 Å². The number of anilines is 1. The van der Waals surface area contributed by atoms with Crippen molar-refractivity contribution in [3.05, 3.63) is 48.0 Å². The summed E-state index contributed by atoms with van der Waals surface area (Å²) >= 11 is 1.63. The molecule has 2 rings (SSSR count). The van der Waals surface area contributed by atoms with E-state index in [1.54, 1.807) is 37.1 Å². The molecule has 4 nitrogen and oxygen atoms in total. The van der Waals surface area contributed by atoms with E-state index in [1.807, 2.05) is 37.4 Å². The maximum Gasteiger partial charge on any atom is 0.255 e. The van der Waals surface area contributed by atoms with E-state index in [9.17, 15) is 4.79 Å². The standard InChI is InChI=1S/C17H19NO3S/c1-4-21-16-10-12(8-9-15(16)20-2)17(19)18-13-6-5-7-14(11-13)22-3/h5-11H,4H2,1-3H3,(H,18,19). The molecule has 1 amide bonds. The lowest BCUT2D eigenvalue weighted by molar-refractivity contribution is 0.102. The first-order chi connectivity index (χ1) is 10.7. The highest BCUT2D eigenvalue weighted by atomic mass is 32.2. The minimum absolute atomic E-state index is 0.179. The van der Waals surface area contributed by atoms with E-state index in [2.05, 4.69) is 5.32 Å². The van der Waals surface area contributed by atoms with Crippen LogP contribution in [0.25, 0.3) is 0 Å². The molecule has 116 valence electrons. The Hall–Kier alpha value is -2.14. The van der Waals surface area contributed by atoms with Crippen molar-refractivity contribution in [2.24, 2.45) is 0 Å². The summed E-state index contributed by atoms with van der Waals surface area (Å²) < 4.78 is 10.7. The fraction of sp³-hybridized carbons (Fsp3) is 0.235. The first-order valence-corrected chi connectivity index (χ1v) is 8.16. The molecule has 0 aromatic heterocycles. The Balaban J connectivity index is 2.19. The van der Waals surface area contributed by atoms with E-state index >= 15 is 0 Å². The highest BCUT2D eigenvalue weighted by molar-refractivity contribution is 7.98. The van der Waals surface area contributed by atoms with Crippen molar-refractivity contribution in [1.82, 2.24) is 0 Å². The molecule has 0 atom stereocenters. The maximum absolute atomic E-state index is 12.4. The van der Waals surface area contributed by atoms with Gasteiger partial charge in [-0.25, -0.2) is 0 Å². The molecule has 0 saturated heterocycles. The van der Waals surface area contributed by atoms with Crippen LogP contribution in [-0.4, -0.2) is 25.9 Å². The van der Waals surface area contributed by atoms with E-state index in [1.165, 1.54) is 0 Å². The third-order valence-corrected chi connectivity index (χ3v) is 3.78. The quantitative estimate of drug-likeness (QED) is 0.816. The summed E-state index contributed by atoms with van der Waals surface area (Å²) in [5.41, 5.74) is 1.30. The molecule has 1 N–H and O–H groups in total. The van der Waals surface area contributed by atoms with Gasteiger partial charge in [-0.1, -0.05) is 6.07 Å². The fourth-order valence-corrected chi connectivity index (χ4v) is 2.45. The van der Waals surface area contributed by atoms with E-state index in [-0.39, 0.29) is 5.91 Å². The molecule has 0 aliphatic carbocycles. The average molecular weight is 317 g/mol. The molecule has 22 heavy (non-hydrogen) atoms. The number of methoxy groups -OCH3 is 1. The van der Waals surface area contributed by atoms with Crippen LogP contribution in [0.5, 0.6) is 11.5 Å². The van der Waals surface area contributed by atoms with Gasteiger partial charge in [0.2, 0.25) is 0 Å². The van der Waals surface area contributed by atoms with Gasteiger partial charge in [0.15, 0.2) is 11.5 Å². The molecule has 0 aliphatic rings. The van der Waals surface area contributed by atoms with Crippen molar-refractivity contribution in [3.63, 3.8) is 0 Å². The molecule has 2 aromatic carbocycles. The average Bonchev–Trinajstić information content (AvgIpc) is 2.55. The summed E-state index contributed by atoms with van der Waals surface area (Å²) in [5, 5.41) is 2.89. The topological polar surface area (TPSA) is 47.6 Å². The highest BCUT2D eigenvalue weighted by Crippen LogP contribution is 2.28. The predicted octanol–water partition coefficient (Wildman–Crippen LogP) is 4.07. The number of hydrogen-bond acceptors (Lipinski definition) is 4. The van der Waals surface area contributed by atoms with Gasteiger partial charge in [-0.15, -0.1) is 11.8 Å². The molecule has 0 spiro atoms. The van der Waals surface area contributed by atoms with E-state index in [4.69, 9.17) is 9.47 Å². The number of amides is 1. The van der Waals surface area contributed by atoms with Crippen molar-refractivity contribution >= 4 is 23.4 Å². The third-order valence-electron chi connectivity index (χ3n) is 3.05. The van der Waals surface area contributed by atoms with Crippen LogP contribution in [-0.2, 0) is 0 Å². The van der Waals surface area contributed by atoms with E-state index in [0.29, 0.717) is 23.7 Å². The van der Waals surface area contributed by atoms with Crippen molar-refractivity contribution in [2.75, 3.05) is 25.3 Å². The van der Waals surface area contributed by atoms with Crippen LogP contribution in [0.1, 0.15) is 17.3 Å². The molecular weight excluding hydrogens is 298 g/mol. The Bertz CT molecular complexity index is 658. The second kappa shape index (κ2) is 7.75. The van der Waals surface area contributed by atoms with Crippen molar-refractivity contribution in [3.8, 4) is 11.5 Å². The number of carbonyl (C=O) groups excluding carboxylic acids is 1. The molecule has 5 heteroatoms. The summed E-state index contributed by atoms with van der Waals surface area (Å²) in [4.78, 5) is 13.5. The summed E-state index contributed by atoms with van der Waals surface area (Å²) in [6.07, 6.45) is 2.00. The smallest absolute Gasteiger partial charge is 0.255 e. The van der Waals surface area contributed by atoms with Gasteiger partial charge in [-0.3, -0.25) is 4.79 Å². The number of hydrogen-bond donors (Lipinski definition) is 1. The van der Waals surface area contributed by atoms with Crippen LogP contribution in [0, 0.1) is 0 Å². The SMILES string of the molecule is CCOc1cc(C(=O)Nc2cccc(SC)c2)ccc1OC. The molecule has 0 heterocycles. The van der Waals surface area contributed by atoms with Gasteiger partial charge < -0.3 is 14.8 Å². The van der Waals surface area contributed by atoms with Gasteiger partial charge in [-0.2, -0.15) is 0 Å². The Kier molecular flexibility index (Phi) is 5.72. The molecule has 0 aliphatic heterocycles. The normalized spacial score (nSPS) is 10.1. The largest absolute Gasteiger partial charge is 0.493 e. The van der Waals surface area contributed by atoms with Crippen LogP contribution in [0.4, 0.5) is 5.69 Å². The van der Waals surface area contributed by atoms with Gasteiger partial charge in [0.25, 0.3) is 5.91 Å². The zero-order chi connectivity index (χ0) is 15.9. The van der Waals surface area contributed by atoms with Crippen molar-refractivity contribution in [2.45, 2.75) is 11.8 Å². The summed E-state index contributed by atoms with van der Waals surface area (Å²) in [6, 6.07) is 12.9. The lowest BCUT2D eigenvalue weighted by atomic mass is 10.2. The molecule has 0 unspecified atom stereocenters. The predicted molar refractivity (Wildman–Crippen MR) is 90.3 cm³/mol. The first kappa shape index (κ1) is 16.2. The number of ether oxygens (including phenoxy) is 2. The molecule has 0 saturated carbocycles. The van der Waals surface area contributed by atoms with Crippen LogP contribution in [0.2, 0.25) is 0 Å². The second-order valence-electron chi connectivity index (χ2n) is 4.48. The Morgan fingerprint density at radius 2 is 2.00 bits per heavy atom. The molecular formula is C17H19NO3S. The van der Waals surface area contributed by atoms with Crippen LogP contribution in [0.3, 0.4) is 0 Å². The minimum Gasteiger partial charge on any atom is -0.493 e. The third kappa shape index (κ3) is 3.95. The highest BCUT2D eigenvalue weighted by Gasteiger charge is 2.11. The van der Waals surface area contributed by atoms with Crippen LogP contribution < -0.4 is 14.8 Å². The van der Waals surface area contributed by atoms with Gasteiger partial charge in [0.1, 0.15) is 0 Å². The van der Waals surface area contributed by atoms with Gasteiger partial charge in [0.05, 0.1) is 13.7 Å². The molecule has 0 bridgehead atoms. The van der Waals surface area contributed by atoms with Gasteiger partial charge in [0, 0.05) is 16.1 Å². The zero-order valence-corrected chi connectivity index (χ0v) is 13.7. The number of nitrogens with one attached hydrogen (secondary N) is 1. The summed E-state index contributed by atoms with van der Waals surface area (Å²) in [6.45, 7) is 2.40. The second-order valence-corrected chi connectivity index (χ2v) is 5.36. The number of thioether (sulfide) groups is 1. The fourth-order valence-electron chi connectivity index (χ4n) is 1.99. The van der Waals surface area contributed by atoms with Crippen LogP contribution >= 0.6 is 11.8 Å².